The van der Waals surface area contributed by atoms with Gasteiger partial charge in [0.2, 0.25) is 0 Å². The number of alkyl halides is 3. The van der Waals surface area contributed by atoms with E-state index in [1.807, 2.05) is 13.8 Å². The number of nitrogens with one attached hydrogen (secondary N) is 1. The van der Waals surface area contributed by atoms with E-state index in [9.17, 15) is 13.2 Å². The van der Waals surface area contributed by atoms with E-state index in [0.717, 1.165) is 5.75 Å². The van der Waals surface area contributed by atoms with E-state index in [1.165, 1.54) is 17.8 Å². The van der Waals surface area contributed by atoms with Gasteiger partial charge in [0.25, 0.3) is 0 Å². The number of rotatable bonds is 5. The van der Waals surface area contributed by atoms with Gasteiger partial charge in [0, 0.05) is 11.4 Å². The molecule has 0 spiro atoms. The fourth-order valence-electron chi connectivity index (χ4n) is 1.49. The molecule has 0 unspecified atom stereocenters. The van der Waals surface area contributed by atoms with Crippen LogP contribution in [-0.2, 0) is 12.7 Å². The molecule has 1 aromatic rings. The molecule has 1 aromatic carbocycles. The van der Waals surface area contributed by atoms with Crippen LogP contribution >= 0.6 is 11.8 Å². The first-order chi connectivity index (χ1) is 7.99. The van der Waals surface area contributed by atoms with Crippen LogP contribution in [0.15, 0.2) is 23.1 Å². The molecule has 5 heteroatoms. The lowest BCUT2D eigenvalue weighted by molar-refractivity contribution is -0.138. The SMILES string of the molecule is CCNCc1ccc(SCC)cc1C(F)(F)F. The lowest BCUT2D eigenvalue weighted by Gasteiger charge is -2.14. The molecular weight excluding hydrogens is 247 g/mol. The number of thioether (sulfide) groups is 1. The Morgan fingerprint density at radius 3 is 2.47 bits per heavy atom. The number of hydrogen-bond acceptors (Lipinski definition) is 2. The molecule has 1 rings (SSSR count). The van der Waals surface area contributed by atoms with Crippen molar-refractivity contribution in [1.82, 2.24) is 5.32 Å². The highest BCUT2D eigenvalue weighted by Gasteiger charge is 2.33. The van der Waals surface area contributed by atoms with E-state index in [0.29, 0.717) is 17.0 Å². The molecule has 0 aliphatic heterocycles. The van der Waals surface area contributed by atoms with Crippen LogP contribution in [-0.4, -0.2) is 12.3 Å². The van der Waals surface area contributed by atoms with Crippen LogP contribution in [0.2, 0.25) is 0 Å². The fourth-order valence-corrected chi connectivity index (χ4v) is 2.19. The summed E-state index contributed by atoms with van der Waals surface area (Å²) in [6.45, 7) is 4.70. The fraction of sp³-hybridized carbons (Fsp3) is 0.500. The molecule has 0 aliphatic rings. The molecule has 0 aromatic heterocycles. The van der Waals surface area contributed by atoms with Crippen LogP contribution in [0, 0.1) is 0 Å². The van der Waals surface area contributed by atoms with Crippen LogP contribution in [0.4, 0.5) is 13.2 Å². The lowest BCUT2D eigenvalue weighted by atomic mass is 10.1. The summed E-state index contributed by atoms with van der Waals surface area (Å²) in [5, 5.41) is 2.92. The van der Waals surface area contributed by atoms with Crippen LogP contribution < -0.4 is 5.32 Å². The minimum Gasteiger partial charge on any atom is -0.313 e. The minimum absolute atomic E-state index is 0.252. The zero-order valence-electron chi connectivity index (χ0n) is 9.90. The van der Waals surface area contributed by atoms with Gasteiger partial charge in [-0.05, 0) is 30.0 Å². The maximum atomic E-state index is 12.9. The predicted molar refractivity (Wildman–Crippen MR) is 65.2 cm³/mol. The Balaban J connectivity index is 3.03. The van der Waals surface area contributed by atoms with Gasteiger partial charge in [-0.2, -0.15) is 13.2 Å². The number of hydrogen-bond donors (Lipinski definition) is 1. The molecule has 96 valence electrons. The van der Waals surface area contributed by atoms with Crippen molar-refractivity contribution in [3.05, 3.63) is 29.3 Å². The third-order valence-electron chi connectivity index (χ3n) is 2.26. The van der Waals surface area contributed by atoms with Gasteiger partial charge in [-0.15, -0.1) is 11.8 Å². The highest BCUT2D eigenvalue weighted by Crippen LogP contribution is 2.34. The molecule has 0 bridgehead atoms. The van der Waals surface area contributed by atoms with Crippen molar-refractivity contribution in [2.75, 3.05) is 12.3 Å². The summed E-state index contributed by atoms with van der Waals surface area (Å²) < 4.78 is 38.6. The smallest absolute Gasteiger partial charge is 0.313 e. The average Bonchev–Trinajstić information content (AvgIpc) is 2.26. The second-order valence-electron chi connectivity index (χ2n) is 3.53. The summed E-state index contributed by atoms with van der Waals surface area (Å²) in [6, 6.07) is 4.54. The van der Waals surface area contributed by atoms with Gasteiger partial charge in [-0.3, -0.25) is 0 Å². The summed E-state index contributed by atoms with van der Waals surface area (Å²) in [4.78, 5) is 0.667. The highest BCUT2D eigenvalue weighted by atomic mass is 32.2. The first-order valence-corrected chi connectivity index (χ1v) is 6.51. The molecule has 1 nitrogen and oxygen atoms in total. The van der Waals surface area contributed by atoms with Crippen molar-refractivity contribution in [2.24, 2.45) is 0 Å². The van der Waals surface area contributed by atoms with Gasteiger partial charge >= 0.3 is 6.18 Å². The monoisotopic (exact) mass is 263 g/mol. The lowest BCUT2D eigenvalue weighted by Crippen LogP contribution is -2.17. The Kier molecular flexibility index (Phi) is 5.33. The normalized spacial score (nSPS) is 11.8. The standard InChI is InChI=1S/C12H16F3NS/c1-3-16-8-9-5-6-10(17-4-2)7-11(9)12(13,14)15/h5-7,16H,3-4,8H2,1-2H3. The second-order valence-corrected chi connectivity index (χ2v) is 4.87. The molecule has 0 atom stereocenters. The van der Waals surface area contributed by atoms with Crippen LogP contribution in [0.3, 0.4) is 0 Å². The van der Waals surface area contributed by atoms with Gasteiger partial charge in [0.05, 0.1) is 5.56 Å². The summed E-state index contributed by atoms with van der Waals surface area (Å²) >= 11 is 1.42. The van der Waals surface area contributed by atoms with E-state index in [1.54, 1.807) is 12.1 Å². The molecule has 0 heterocycles. The maximum Gasteiger partial charge on any atom is 0.416 e. The Labute approximate surface area is 104 Å². The van der Waals surface area contributed by atoms with Crippen molar-refractivity contribution in [3.63, 3.8) is 0 Å². The summed E-state index contributed by atoms with van der Waals surface area (Å²) in [6.07, 6.45) is -4.28. The Bertz CT molecular complexity index is 363. The largest absolute Gasteiger partial charge is 0.416 e. The van der Waals surface area contributed by atoms with Crippen LogP contribution in [0.5, 0.6) is 0 Å². The first-order valence-electron chi connectivity index (χ1n) is 5.52. The number of halogens is 3. The summed E-state index contributed by atoms with van der Waals surface area (Å²) in [5.74, 6) is 0.768. The molecule has 0 saturated heterocycles. The molecule has 0 aliphatic carbocycles. The van der Waals surface area contributed by atoms with E-state index in [2.05, 4.69) is 5.32 Å². The Hall–Kier alpha value is -0.680. The zero-order chi connectivity index (χ0) is 12.9. The Morgan fingerprint density at radius 1 is 1.24 bits per heavy atom. The van der Waals surface area contributed by atoms with Crippen LogP contribution in [0.25, 0.3) is 0 Å². The molecular formula is C12H16F3NS. The summed E-state index contributed by atoms with van der Waals surface area (Å²) in [5.41, 5.74) is -0.225. The van der Waals surface area contributed by atoms with E-state index < -0.39 is 11.7 Å². The molecule has 1 N–H and O–H groups in total. The van der Waals surface area contributed by atoms with Gasteiger partial charge in [0.1, 0.15) is 0 Å². The van der Waals surface area contributed by atoms with Gasteiger partial charge < -0.3 is 5.32 Å². The molecule has 0 radical (unpaired) electrons. The van der Waals surface area contributed by atoms with Crippen LogP contribution in [0.1, 0.15) is 25.0 Å². The van der Waals surface area contributed by atoms with Crippen molar-refractivity contribution in [1.29, 1.82) is 0 Å². The van der Waals surface area contributed by atoms with Gasteiger partial charge in [0.15, 0.2) is 0 Å². The topological polar surface area (TPSA) is 12.0 Å². The van der Waals surface area contributed by atoms with Crippen molar-refractivity contribution in [3.8, 4) is 0 Å². The molecule has 0 fully saturated rings. The third-order valence-corrected chi connectivity index (χ3v) is 3.14. The van der Waals surface area contributed by atoms with E-state index >= 15 is 0 Å². The molecule has 17 heavy (non-hydrogen) atoms. The molecule has 0 amide bonds. The first kappa shape index (κ1) is 14.4. The Morgan fingerprint density at radius 2 is 1.94 bits per heavy atom. The maximum absolute atomic E-state index is 12.9. The summed E-state index contributed by atoms with van der Waals surface area (Å²) in [7, 11) is 0. The van der Waals surface area contributed by atoms with Crippen molar-refractivity contribution >= 4 is 11.8 Å². The highest BCUT2D eigenvalue weighted by molar-refractivity contribution is 7.99. The predicted octanol–water partition coefficient (Wildman–Crippen LogP) is 3.93. The third kappa shape index (κ3) is 4.24. The number of benzene rings is 1. The van der Waals surface area contributed by atoms with Gasteiger partial charge in [-0.1, -0.05) is 19.9 Å². The van der Waals surface area contributed by atoms with E-state index in [4.69, 9.17) is 0 Å². The molecule has 0 saturated carbocycles. The zero-order valence-corrected chi connectivity index (χ0v) is 10.7. The van der Waals surface area contributed by atoms with E-state index in [-0.39, 0.29) is 6.54 Å². The van der Waals surface area contributed by atoms with Gasteiger partial charge in [-0.25, -0.2) is 0 Å². The van der Waals surface area contributed by atoms with Crippen molar-refractivity contribution < 1.29 is 13.2 Å². The van der Waals surface area contributed by atoms with Crippen molar-refractivity contribution in [2.45, 2.75) is 31.5 Å². The second kappa shape index (κ2) is 6.31. The quantitative estimate of drug-likeness (QED) is 0.808. The minimum atomic E-state index is -4.28. The average molecular weight is 263 g/mol.